The van der Waals surface area contributed by atoms with E-state index in [0.717, 1.165) is 4.90 Å². The van der Waals surface area contributed by atoms with Crippen LogP contribution in [0.15, 0.2) is 41.6 Å². The molecule has 1 aromatic carbocycles. The molecule has 0 saturated carbocycles. The van der Waals surface area contributed by atoms with Crippen LogP contribution in [0, 0.1) is 0 Å². The SMILES string of the molecule is CC(C)=C(C(=O)O)N1CC(F)(NC(=O)C(N)c2ccccc2)C1=O. The lowest BCUT2D eigenvalue weighted by atomic mass is 10.00. The fourth-order valence-corrected chi connectivity index (χ4v) is 2.44. The Balaban J connectivity index is 2.09. The average molecular weight is 335 g/mol. The molecule has 1 saturated heterocycles. The topological polar surface area (TPSA) is 113 Å². The molecule has 2 atom stereocenters. The maximum Gasteiger partial charge on any atom is 0.352 e. The largest absolute Gasteiger partial charge is 0.477 e. The molecular weight excluding hydrogens is 317 g/mol. The van der Waals surface area contributed by atoms with Gasteiger partial charge in [-0.1, -0.05) is 30.3 Å². The highest BCUT2D eigenvalue weighted by Crippen LogP contribution is 2.30. The van der Waals surface area contributed by atoms with Crippen LogP contribution in [-0.2, 0) is 14.4 Å². The highest BCUT2D eigenvalue weighted by molar-refractivity contribution is 6.02. The number of carboxylic acids is 1. The van der Waals surface area contributed by atoms with Gasteiger partial charge in [0.25, 0.3) is 11.7 Å². The van der Waals surface area contributed by atoms with Gasteiger partial charge in [0.05, 0.1) is 6.54 Å². The molecule has 2 unspecified atom stereocenters. The molecule has 0 spiro atoms. The molecule has 1 heterocycles. The predicted molar refractivity (Wildman–Crippen MR) is 83.1 cm³/mol. The van der Waals surface area contributed by atoms with Crippen molar-refractivity contribution < 1.29 is 23.9 Å². The first-order chi connectivity index (χ1) is 11.2. The Morgan fingerprint density at radius 2 is 1.92 bits per heavy atom. The summed E-state index contributed by atoms with van der Waals surface area (Å²) in [6.45, 7) is 2.42. The standard InChI is InChI=1S/C16H18FN3O4/c1-9(2)12(14(22)23)20-8-16(17,15(20)24)19-13(21)11(18)10-6-4-3-5-7-10/h3-7,11H,8,18H2,1-2H3,(H,19,21)(H,22,23). The Hall–Kier alpha value is -2.74. The van der Waals surface area contributed by atoms with Gasteiger partial charge in [-0.15, -0.1) is 0 Å². The van der Waals surface area contributed by atoms with Gasteiger partial charge in [0.2, 0.25) is 5.91 Å². The second kappa shape index (κ2) is 6.40. The Morgan fingerprint density at radius 1 is 1.33 bits per heavy atom. The van der Waals surface area contributed by atoms with Crippen molar-refractivity contribution >= 4 is 17.8 Å². The molecule has 1 aromatic rings. The minimum atomic E-state index is -2.65. The lowest BCUT2D eigenvalue weighted by molar-refractivity contribution is -0.169. The van der Waals surface area contributed by atoms with Crippen molar-refractivity contribution in [3.05, 3.63) is 47.2 Å². The zero-order chi connectivity index (χ0) is 18.1. The number of carbonyl (C=O) groups is 3. The van der Waals surface area contributed by atoms with E-state index in [1.54, 1.807) is 30.3 Å². The number of amides is 2. The first-order valence-electron chi connectivity index (χ1n) is 7.21. The number of nitrogens with zero attached hydrogens (tertiary/aromatic N) is 1. The minimum absolute atomic E-state index is 0.296. The van der Waals surface area contributed by atoms with E-state index < -0.39 is 36.2 Å². The van der Waals surface area contributed by atoms with Crippen LogP contribution in [0.3, 0.4) is 0 Å². The number of nitrogens with two attached hydrogens (primary N) is 1. The van der Waals surface area contributed by atoms with Crippen LogP contribution >= 0.6 is 0 Å². The fourth-order valence-electron chi connectivity index (χ4n) is 2.44. The molecule has 1 aliphatic heterocycles. The van der Waals surface area contributed by atoms with E-state index in [2.05, 4.69) is 0 Å². The number of aliphatic carboxylic acids is 1. The number of allylic oxidation sites excluding steroid dienone is 1. The summed E-state index contributed by atoms with van der Waals surface area (Å²) >= 11 is 0. The normalized spacial score (nSPS) is 20.8. The molecule has 24 heavy (non-hydrogen) atoms. The van der Waals surface area contributed by atoms with Crippen LogP contribution in [0.1, 0.15) is 25.5 Å². The van der Waals surface area contributed by atoms with Gasteiger partial charge in [-0.2, -0.15) is 0 Å². The number of benzene rings is 1. The molecule has 128 valence electrons. The number of hydrogen-bond acceptors (Lipinski definition) is 4. The fraction of sp³-hybridized carbons (Fsp3) is 0.312. The molecule has 2 amide bonds. The lowest BCUT2D eigenvalue weighted by Crippen LogP contribution is -2.72. The van der Waals surface area contributed by atoms with Crippen molar-refractivity contribution in [2.75, 3.05) is 6.54 Å². The maximum atomic E-state index is 14.6. The Kier molecular flexibility index (Phi) is 4.70. The zero-order valence-electron chi connectivity index (χ0n) is 13.2. The van der Waals surface area contributed by atoms with Crippen molar-refractivity contribution in [3.8, 4) is 0 Å². The number of likely N-dealkylation sites (tertiary alicyclic amines) is 1. The number of β-lactam (4-membered cyclic amide) rings is 1. The van der Waals surface area contributed by atoms with Gasteiger partial charge >= 0.3 is 5.97 Å². The predicted octanol–water partition coefficient (Wildman–Crippen LogP) is 0.689. The van der Waals surface area contributed by atoms with Crippen LogP contribution in [0.4, 0.5) is 4.39 Å². The van der Waals surface area contributed by atoms with E-state index in [-0.39, 0.29) is 5.70 Å². The Bertz CT molecular complexity index is 715. The quantitative estimate of drug-likeness (QED) is 0.416. The van der Waals surface area contributed by atoms with Crippen LogP contribution in [-0.4, -0.2) is 40.1 Å². The van der Waals surface area contributed by atoms with Gasteiger partial charge in [0.15, 0.2) is 0 Å². The maximum absolute atomic E-state index is 14.6. The third kappa shape index (κ3) is 3.13. The summed E-state index contributed by atoms with van der Waals surface area (Å²) < 4.78 is 14.6. The van der Waals surface area contributed by atoms with E-state index in [9.17, 15) is 18.8 Å². The molecule has 8 heteroatoms. The van der Waals surface area contributed by atoms with Crippen LogP contribution < -0.4 is 11.1 Å². The Labute approximate surface area is 137 Å². The molecule has 1 aliphatic rings. The molecule has 2 rings (SSSR count). The molecule has 0 aromatic heterocycles. The molecule has 7 nitrogen and oxygen atoms in total. The van der Waals surface area contributed by atoms with Crippen molar-refractivity contribution in [1.82, 2.24) is 10.2 Å². The van der Waals surface area contributed by atoms with E-state index in [4.69, 9.17) is 10.8 Å². The third-order valence-electron chi connectivity index (χ3n) is 3.67. The first-order valence-corrected chi connectivity index (χ1v) is 7.21. The number of carbonyl (C=O) groups excluding carboxylic acids is 2. The zero-order valence-corrected chi connectivity index (χ0v) is 13.2. The third-order valence-corrected chi connectivity index (χ3v) is 3.67. The number of carboxylic acid groups (broad SMARTS) is 1. The van der Waals surface area contributed by atoms with Gasteiger partial charge in [0, 0.05) is 0 Å². The molecule has 4 N–H and O–H groups in total. The van der Waals surface area contributed by atoms with Gasteiger partial charge in [-0.3, -0.25) is 14.5 Å². The number of nitrogens with one attached hydrogen (secondary N) is 1. The summed E-state index contributed by atoms with van der Waals surface area (Å²) in [4.78, 5) is 36.0. The van der Waals surface area contributed by atoms with Crippen molar-refractivity contribution in [1.29, 1.82) is 0 Å². The lowest BCUT2D eigenvalue weighted by Gasteiger charge is -2.43. The smallest absolute Gasteiger partial charge is 0.352 e. The van der Waals surface area contributed by atoms with Crippen molar-refractivity contribution in [3.63, 3.8) is 0 Å². The highest BCUT2D eigenvalue weighted by atomic mass is 19.1. The second-order valence-electron chi connectivity index (χ2n) is 5.72. The number of hydrogen-bond donors (Lipinski definition) is 3. The van der Waals surface area contributed by atoms with Gasteiger partial charge in [-0.05, 0) is 25.0 Å². The summed E-state index contributed by atoms with van der Waals surface area (Å²) in [5.74, 6) is -5.97. The van der Waals surface area contributed by atoms with Crippen LogP contribution in [0.5, 0.6) is 0 Å². The summed E-state index contributed by atoms with van der Waals surface area (Å²) in [5, 5.41) is 11.1. The van der Waals surface area contributed by atoms with Gasteiger partial charge in [-0.25, -0.2) is 9.18 Å². The first kappa shape index (κ1) is 17.6. The highest BCUT2D eigenvalue weighted by Gasteiger charge is 2.57. The van der Waals surface area contributed by atoms with Crippen LogP contribution in [0.2, 0.25) is 0 Å². The molecule has 0 aliphatic carbocycles. The monoisotopic (exact) mass is 335 g/mol. The number of alkyl halides is 1. The second-order valence-corrected chi connectivity index (χ2v) is 5.72. The number of halogens is 1. The van der Waals surface area contributed by atoms with E-state index in [0.29, 0.717) is 11.1 Å². The minimum Gasteiger partial charge on any atom is -0.477 e. The van der Waals surface area contributed by atoms with Crippen molar-refractivity contribution in [2.24, 2.45) is 5.73 Å². The molecule has 1 fully saturated rings. The van der Waals surface area contributed by atoms with Crippen LogP contribution in [0.25, 0.3) is 0 Å². The Morgan fingerprint density at radius 3 is 2.38 bits per heavy atom. The van der Waals surface area contributed by atoms with Gasteiger partial charge in [0.1, 0.15) is 11.7 Å². The van der Waals surface area contributed by atoms with E-state index in [1.165, 1.54) is 13.8 Å². The summed E-state index contributed by atoms with van der Waals surface area (Å²) in [6, 6.07) is 7.18. The van der Waals surface area contributed by atoms with E-state index >= 15 is 0 Å². The summed E-state index contributed by atoms with van der Waals surface area (Å²) in [5.41, 5.74) is 6.28. The molecular formula is C16H18FN3O4. The molecule has 0 radical (unpaired) electrons. The molecule has 0 bridgehead atoms. The summed E-state index contributed by atoms with van der Waals surface area (Å²) in [6.07, 6.45) is 0. The number of rotatable bonds is 5. The van der Waals surface area contributed by atoms with Crippen molar-refractivity contribution in [2.45, 2.75) is 25.7 Å². The summed E-state index contributed by atoms with van der Waals surface area (Å²) in [7, 11) is 0. The average Bonchev–Trinajstić information content (AvgIpc) is 2.53. The van der Waals surface area contributed by atoms with E-state index in [1.807, 2.05) is 5.32 Å². The van der Waals surface area contributed by atoms with Gasteiger partial charge < -0.3 is 16.2 Å².